The standard InChI is InChI=1S/C20H22N4O4S/c1-6-13(19(26)28-5)29-17-14-16(23(3)20(27)24(4)18(14)25)21-15(22-17)12-9-7-11(2)8-10-12/h7-10,13H,6H2,1-5H3/t13-/m1/s1. The van der Waals surface area contributed by atoms with Crippen LogP contribution in [0.25, 0.3) is 22.4 Å². The molecule has 0 saturated carbocycles. The van der Waals surface area contributed by atoms with Crippen LogP contribution in [0.2, 0.25) is 0 Å². The van der Waals surface area contributed by atoms with E-state index in [9.17, 15) is 14.4 Å². The van der Waals surface area contributed by atoms with Gasteiger partial charge in [-0.2, -0.15) is 0 Å². The predicted molar refractivity (Wildman–Crippen MR) is 112 cm³/mol. The summed E-state index contributed by atoms with van der Waals surface area (Å²) in [6.45, 7) is 3.83. The van der Waals surface area contributed by atoms with Crippen LogP contribution in [0.3, 0.4) is 0 Å². The van der Waals surface area contributed by atoms with Gasteiger partial charge in [-0.3, -0.25) is 18.7 Å². The smallest absolute Gasteiger partial charge is 0.332 e. The van der Waals surface area contributed by atoms with Crippen LogP contribution < -0.4 is 11.2 Å². The number of esters is 1. The molecule has 0 amide bonds. The van der Waals surface area contributed by atoms with E-state index in [1.165, 1.54) is 18.7 Å². The summed E-state index contributed by atoms with van der Waals surface area (Å²) >= 11 is 1.15. The first-order chi connectivity index (χ1) is 13.8. The fourth-order valence-electron chi connectivity index (χ4n) is 2.91. The van der Waals surface area contributed by atoms with Crippen LogP contribution in [0.15, 0.2) is 38.9 Å². The molecule has 0 bridgehead atoms. The van der Waals surface area contributed by atoms with Gasteiger partial charge in [0.15, 0.2) is 11.5 Å². The number of carbonyl (C=O) groups is 1. The first-order valence-corrected chi connectivity index (χ1v) is 9.95. The number of aromatic nitrogens is 4. The summed E-state index contributed by atoms with van der Waals surface area (Å²) in [5, 5.41) is 0.0164. The van der Waals surface area contributed by atoms with Crippen molar-refractivity contribution in [1.82, 2.24) is 19.1 Å². The number of methoxy groups -OCH3 is 1. The van der Waals surface area contributed by atoms with Gasteiger partial charge in [0.1, 0.15) is 15.7 Å². The Balaban J connectivity index is 2.34. The van der Waals surface area contributed by atoms with Gasteiger partial charge in [-0.1, -0.05) is 48.5 Å². The quantitative estimate of drug-likeness (QED) is 0.358. The Morgan fingerprint density at radius 1 is 1.14 bits per heavy atom. The van der Waals surface area contributed by atoms with Gasteiger partial charge in [0.2, 0.25) is 0 Å². The minimum Gasteiger partial charge on any atom is -0.468 e. The minimum atomic E-state index is -0.536. The van der Waals surface area contributed by atoms with Crippen molar-refractivity contribution >= 4 is 28.8 Å². The topological polar surface area (TPSA) is 96.1 Å². The van der Waals surface area contributed by atoms with Crippen molar-refractivity contribution in [3.63, 3.8) is 0 Å². The fraction of sp³-hybridized carbons (Fsp3) is 0.350. The second kappa shape index (κ2) is 8.20. The number of benzene rings is 1. The van der Waals surface area contributed by atoms with E-state index in [4.69, 9.17) is 4.74 Å². The lowest BCUT2D eigenvalue weighted by molar-refractivity contribution is -0.140. The van der Waals surface area contributed by atoms with E-state index in [0.29, 0.717) is 17.3 Å². The molecule has 3 aromatic rings. The van der Waals surface area contributed by atoms with Gasteiger partial charge in [0.05, 0.1) is 7.11 Å². The van der Waals surface area contributed by atoms with E-state index in [2.05, 4.69) is 9.97 Å². The average molecular weight is 414 g/mol. The summed E-state index contributed by atoms with van der Waals surface area (Å²) in [5.41, 5.74) is 1.08. The number of aryl methyl sites for hydroxylation is 2. The van der Waals surface area contributed by atoms with Gasteiger partial charge in [-0.15, -0.1) is 0 Å². The summed E-state index contributed by atoms with van der Waals surface area (Å²) in [4.78, 5) is 46.5. The lowest BCUT2D eigenvalue weighted by atomic mass is 10.1. The molecule has 0 aliphatic heterocycles. The van der Waals surface area contributed by atoms with E-state index in [0.717, 1.165) is 27.5 Å². The van der Waals surface area contributed by atoms with E-state index in [-0.39, 0.29) is 11.0 Å². The average Bonchev–Trinajstić information content (AvgIpc) is 2.73. The molecule has 0 aliphatic carbocycles. The molecule has 9 heteroatoms. The Kier molecular flexibility index (Phi) is 5.88. The largest absolute Gasteiger partial charge is 0.468 e. The van der Waals surface area contributed by atoms with Crippen molar-refractivity contribution in [2.45, 2.75) is 30.5 Å². The maximum Gasteiger partial charge on any atom is 0.332 e. The number of fused-ring (bicyclic) bond motifs is 1. The zero-order chi connectivity index (χ0) is 21.3. The molecule has 8 nitrogen and oxygen atoms in total. The first-order valence-electron chi connectivity index (χ1n) is 9.07. The number of nitrogens with zero attached hydrogens (tertiary/aromatic N) is 4. The maximum absolute atomic E-state index is 12.9. The molecule has 0 aliphatic rings. The van der Waals surface area contributed by atoms with Crippen LogP contribution in [0, 0.1) is 6.92 Å². The van der Waals surface area contributed by atoms with Gasteiger partial charge in [-0.25, -0.2) is 14.8 Å². The zero-order valence-electron chi connectivity index (χ0n) is 16.9. The highest BCUT2D eigenvalue weighted by molar-refractivity contribution is 8.00. The van der Waals surface area contributed by atoms with Gasteiger partial charge in [-0.05, 0) is 13.3 Å². The number of hydrogen-bond donors (Lipinski definition) is 0. The molecule has 0 fully saturated rings. The molecule has 152 valence electrons. The van der Waals surface area contributed by atoms with Gasteiger partial charge >= 0.3 is 11.7 Å². The highest BCUT2D eigenvalue weighted by atomic mass is 32.2. The highest BCUT2D eigenvalue weighted by Gasteiger charge is 2.24. The number of hydrogen-bond acceptors (Lipinski definition) is 7. The third-order valence-corrected chi connectivity index (χ3v) is 5.99. The summed E-state index contributed by atoms with van der Waals surface area (Å²) in [6.07, 6.45) is 0.495. The maximum atomic E-state index is 12.9. The second-order valence-electron chi connectivity index (χ2n) is 6.66. The minimum absolute atomic E-state index is 0.206. The van der Waals surface area contributed by atoms with Crippen LogP contribution in [-0.4, -0.2) is 37.4 Å². The lowest BCUT2D eigenvalue weighted by Gasteiger charge is -2.15. The van der Waals surface area contributed by atoms with Crippen LogP contribution in [0.1, 0.15) is 18.9 Å². The number of ether oxygens (including phenoxy) is 1. The van der Waals surface area contributed by atoms with Gasteiger partial charge in [0.25, 0.3) is 5.56 Å². The summed E-state index contributed by atoms with van der Waals surface area (Å²) in [5.74, 6) is -0.0224. The third-order valence-electron chi connectivity index (χ3n) is 4.67. The molecule has 29 heavy (non-hydrogen) atoms. The third kappa shape index (κ3) is 3.82. The highest BCUT2D eigenvalue weighted by Crippen LogP contribution is 2.30. The van der Waals surface area contributed by atoms with Crippen molar-refractivity contribution in [3.05, 3.63) is 50.7 Å². The summed E-state index contributed by atoms with van der Waals surface area (Å²) in [7, 11) is 4.29. The molecule has 2 heterocycles. The summed E-state index contributed by atoms with van der Waals surface area (Å²) < 4.78 is 7.20. The van der Waals surface area contributed by atoms with E-state index in [1.54, 1.807) is 7.05 Å². The van der Waals surface area contributed by atoms with Crippen LogP contribution in [-0.2, 0) is 23.6 Å². The lowest BCUT2D eigenvalue weighted by Crippen LogP contribution is -2.37. The Hall–Kier alpha value is -2.94. The molecule has 0 radical (unpaired) electrons. The Morgan fingerprint density at radius 3 is 2.38 bits per heavy atom. The Labute approximate surface area is 171 Å². The fourth-order valence-corrected chi connectivity index (χ4v) is 3.97. The molecule has 2 aromatic heterocycles. The second-order valence-corrected chi connectivity index (χ2v) is 7.85. The molecular weight excluding hydrogens is 392 g/mol. The number of thioether (sulfide) groups is 1. The Morgan fingerprint density at radius 2 is 1.79 bits per heavy atom. The molecule has 1 atom stereocenters. The van der Waals surface area contributed by atoms with Gasteiger partial charge < -0.3 is 4.74 Å². The zero-order valence-corrected chi connectivity index (χ0v) is 17.7. The van der Waals surface area contributed by atoms with Crippen LogP contribution in [0.4, 0.5) is 0 Å². The molecule has 1 aromatic carbocycles. The number of carbonyl (C=O) groups excluding carboxylic acids is 1. The number of rotatable bonds is 5. The normalized spacial score (nSPS) is 12.2. The van der Waals surface area contributed by atoms with E-state index in [1.807, 2.05) is 38.1 Å². The predicted octanol–water partition coefficient (Wildman–Crippen LogP) is 2.05. The van der Waals surface area contributed by atoms with Crippen molar-refractivity contribution < 1.29 is 9.53 Å². The van der Waals surface area contributed by atoms with Crippen LogP contribution >= 0.6 is 11.8 Å². The molecule has 0 unspecified atom stereocenters. The molecule has 3 rings (SSSR count). The van der Waals surface area contributed by atoms with E-state index < -0.39 is 22.5 Å². The van der Waals surface area contributed by atoms with Gasteiger partial charge in [0, 0.05) is 19.7 Å². The van der Waals surface area contributed by atoms with Crippen LogP contribution in [0.5, 0.6) is 0 Å². The summed E-state index contributed by atoms with van der Waals surface area (Å²) in [6, 6.07) is 7.62. The Bertz CT molecular complexity index is 1200. The van der Waals surface area contributed by atoms with Crippen molar-refractivity contribution in [2.75, 3.05) is 7.11 Å². The molecule has 0 saturated heterocycles. The van der Waals surface area contributed by atoms with Crippen molar-refractivity contribution in [3.8, 4) is 11.4 Å². The van der Waals surface area contributed by atoms with Crippen molar-refractivity contribution in [2.24, 2.45) is 14.1 Å². The molecule has 0 N–H and O–H groups in total. The monoisotopic (exact) mass is 414 g/mol. The van der Waals surface area contributed by atoms with E-state index >= 15 is 0 Å². The SMILES string of the molecule is CC[C@@H](Sc1nc(-c2ccc(C)cc2)nc2c1c(=O)n(C)c(=O)n2C)C(=O)OC. The molecule has 0 spiro atoms. The van der Waals surface area contributed by atoms with Crippen molar-refractivity contribution in [1.29, 1.82) is 0 Å². The molecular formula is C20H22N4O4S. The first kappa shape index (κ1) is 20.8.